The van der Waals surface area contributed by atoms with Gasteiger partial charge in [-0.15, -0.1) is 0 Å². The first-order chi connectivity index (χ1) is 10.0. The van der Waals surface area contributed by atoms with Gasteiger partial charge < -0.3 is 19.9 Å². The van der Waals surface area contributed by atoms with Crippen LogP contribution in [0.1, 0.15) is 28.8 Å². The van der Waals surface area contributed by atoms with Gasteiger partial charge in [-0.3, -0.25) is 0 Å². The molecule has 0 atom stereocenters. The van der Waals surface area contributed by atoms with Crippen LogP contribution in [0, 0.1) is 0 Å². The van der Waals surface area contributed by atoms with E-state index in [0.717, 1.165) is 10.0 Å². The molecule has 0 aliphatic carbocycles. The van der Waals surface area contributed by atoms with Crippen molar-refractivity contribution < 1.29 is 19.4 Å². The average Bonchev–Trinajstić information content (AvgIpc) is 2.48. The number of benzene rings is 1. The first-order valence-electron chi connectivity index (χ1n) is 6.92. The molecule has 0 saturated carbocycles. The summed E-state index contributed by atoms with van der Waals surface area (Å²) in [4.78, 5) is 11.4. The second-order valence-electron chi connectivity index (χ2n) is 5.24. The van der Waals surface area contributed by atoms with Crippen molar-refractivity contribution in [3.05, 3.63) is 33.8 Å². The number of carbonyl (C=O) groups is 1. The SMILES string of the molecule is COC(=O)c1ccc(CNCC2(O)CCOCC2)c(Br)c1. The number of nitrogens with one attached hydrogen (secondary N) is 1. The van der Waals surface area contributed by atoms with Crippen LogP contribution in [0.3, 0.4) is 0 Å². The van der Waals surface area contributed by atoms with Crippen LogP contribution in [0.4, 0.5) is 0 Å². The molecule has 1 saturated heterocycles. The van der Waals surface area contributed by atoms with Gasteiger partial charge in [-0.2, -0.15) is 0 Å². The number of hydrogen-bond acceptors (Lipinski definition) is 5. The summed E-state index contributed by atoms with van der Waals surface area (Å²) in [7, 11) is 1.36. The van der Waals surface area contributed by atoms with E-state index in [1.54, 1.807) is 12.1 Å². The van der Waals surface area contributed by atoms with Crippen molar-refractivity contribution in [2.45, 2.75) is 25.0 Å². The van der Waals surface area contributed by atoms with Crippen molar-refractivity contribution in [1.82, 2.24) is 5.32 Å². The van der Waals surface area contributed by atoms with Crippen molar-refractivity contribution in [1.29, 1.82) is 0 Å². The molecule has 2 N–H and O–H groups in total. The summed E-state index contributed by atoms with van der Waals surface area (Å²) in [6.45, 7) is 2.36. The minimum atomic E-state index is -0.684. The number of hydrogen-bond donors (Lipinski definition) is 2. The Labute approximate surface area is 132 Å². The molecule has 21 heavy (non-hydrogen) atoms. The van der Waals surface area contributed by atoms with Crippen molar-refractivity contribution in [3.63, 3.8) is 0 Å². The summed E-state index contributed by atoms with van der Waals surface area (Å²) in [6, 6.07) is 5.35. The van der Waals surface area contributed by atoms with E-state index in [1.807, 2.05) is 6.07 Å². The molecule has 1 aromatic carbocycles. The van der Waals surface area contributed by atoms with Gasteiger partial charge in [0.2, 0.25) is 0 Å². The Morgan fingerprint density at radius 1 is 1.48 bits per heavy atom. The highest BCUT2D eigenvalue weighted by molar-refractivity contribution is 9.10. The molecular formula is C15H20BrNO4. The summed E-state index contributed by atoms with van der Waals surface area (Å²) in [6.07, 6.45) is 1.31. The fraction of sp³-hybridized carbons (Fsp3) is 0.533. The Morgan fingerprint density at radius 3 is 2.81 bits per heavy atom. The second kappa shape index (κ2) is 7.35. The van der Waals surface area contributed by atoms with Gasteiger partial charge in [-0.05, 0) is 17.7 Å². The predicted molar refractivity (Wildman–Crippen MR) is 82.2 cm³/mol. The second-order valence-corrected chi connectivity index (χ2v) is 6.09. The van der Waals surface area contributed by atoms with Gasteiger partial charge in [0.05, 0.1) is 18.3 Å². The molecule has 5 nitrogen and oxygen atoms in total. The van der Waals surface area contributed by atoms with Gasteiger partial charge in [-0.25, -0.2) is 4.79 Å². The zero-order valence-corrected chi connectivity index (χ0v) is 13.6. The highest BCUT2D eigenvalue weighted by Crippen LogP contribution is 2.21. The topological polar surface area (TPSA) is 67.8 Å². The molecule has 0 amide bonds. The Morgan fingerprint density at radius 2 is 2.19 bits per heavy atom. The molecule has 1 fully saturated rings. The third kappa shape index (κ3) is 4.51. The Hall–Kier alpha value is -0.950. The maximum atomic E-state index is 11.4. The number of aliphatic hydroxyl groups is 1. The van der Waals surface area contributed by atoms with Crippen molar-refractivity contribution >= 4 is 21.9 Å². The molecule has 2 rings (SSSR count). The molecule has 0 aromatic heterocycles. The number of carbonyl (C=O) groups excluding carboxylic acids is 1. The van der Waals surface area contributed by atoms with E-state index in [1.165, 1.54) is 7.11 Å². The number of halogens is 1. The van der Waals surface area contributed by atoms with E-state index in [9.17, 15) is 9.90 Å². The summed E-state index contributed by atoms with van der Waals surface area (Å²) >= 11 is 3.45. The molecule has 116 valence electrons. The summed E-state index contributed by atoms with van der Waals surface area (Å²) in [5.41, 5.74) is 0.853. The number of esters is 1. The Balaban J connectivity index is 1.90. The fourth-order valence-electron chi connectivity index (χ4n) is 2.29. The predicted octanol–water partition coefficient (Wildman–Crippen LogP) is 1.87. The lowest BCUT2D eigenvalue weighted by Gasteiger charge is -2.32. The van der Waals surface area contributed by atoms with Crippen LogP contribution >= 0.6 is 15.9 Å². The summed E-state index contributed by atoms with van der Waals surface area (Å²) < 4.78 is 10.8. The monoisotopic (exact) mass is 357 g/mol. The maximum absolute atomic E-state index is 11.4. The molecule has 1 aliphatic heterocycles. The molecule has 6 heteroatoms. The van der Waals surface area contributed by atoms with Crippen molar-refractivity contribution in [2.75, 3.05) is 26.9 Å². The van der Waals surface area contributed by atoms with Crippen LogP contribution in [0.25, 0.3) is 0 Å². The zero-order valence-electron chi connectivity index (χ0n) is 12.0. The number of methoxy groups -OCH3 is 1. The number of rotatable bonds is 5. The first-order valence-corrected chi connectivity index (χ1v) is 7.71. The molecule has 1 aliphatic rings. The van der Waals surface area contributed by atoms with E-state index >= 15 is 0 Å². The van der Waals surface area contributed by atoms with E-state index in [-0.39, 0.29) is 5.97 Å². The van der Waals surface area contributed by atoms with Gasteiger partial charge in [-0.1, -0.05) is 22.0 Å². The highest BCUT2D eigenvalue weighted by atomic mass is 79.9. The third-order valence-corrected chi connectivity index (χ3v) is 4.41. The molecule has 0 bridgehead atoms. The van der Waals surface area contributed by atoms with E-state index in [0.29, 0.717) is 44.7 Å². The van der Waals surface area contributed by atoms with Crippen LogP contribution < -0.4 is 5.32 Å². The van der Waals surface area contributed by atoms with Crippen LogP contribution in [0.5, 0.6) is 0 Å². The standard InChI is InChI=1S/C15H20BrNO4/c1-20-14(18)11-2-3-12(13(16)8-11)9-17-10-15(19)4-6-21-7-5-15/h2-3,8,17,19H,4-7,9-10H2,1H3. The molecule has 0 unspecified atom stereocenters. The Bertz CT molecular complexity index is 500. The molecular weight excluding hydrogens is 338 g/mol. The smallest absolute Gasteiger partial charge is 0.337 e. The highest BCUT2D eigenvalue weighted by Gasteiger charge is 2.29. The fourth-order valence-corrected chi connectivity index (χ4v) is 2.81. The molecule has 0 spiro atoms. The lowest BCUT2D eigenvalue weighted by atomic mass is 9.94. The lowest BCUT2D eigenvalue weighted by Crippen LogP contribution is -2.44. The zero-order chi connectivity index (χ0) is 15.3. The van der Waals surface area contributed by atoms with Crippen LogP contribution in [-0.4, -0.2) is 43.5 Å². The van der Waals surface area contributed by atoms with Gasteiger partial charge >= 0.3 is 5.97 Å². The minimum absolute atomic E-state index is 0.355. The normalized spacial score (nSPS) is 17.5. The van der Waals surface area contributed by atoms with Crippen molar-refractivity contribution in [3.8, 4) is 0 Å². The van der Waals surface area contributed by atoms with E-state index < -0.39 is 5.60 Å². The average molecular weight is 358 g/mol. The summed E-state index contributed by atoms with van der Waals surface area (Å²) in [5.74, 6) is -0.355. The van der Waals surface area contributed by atoms with E-state index in [2.05, 4.69) is 26.0 Å². The van der Waals surface area contributed by atoms with Gasteiger partial charge in [0, 0.05) is 43.6 Å². The van der Waals surface area contributed by atoms with Gasteiger partial charge in [0.25, 0.3) is 0 Å². The third-order valence-electron chi connectivity index (χ3n) is 3.67. The van der Waals surface area contributed by atoms with Crippen LogP contribution in [0.15, 0.2) is 22.7 Å². The Kier molecular flexibility index (Phi) is 5.75. The van der Waals surface area contributed by atoms with Gasteiger partial charge in [0.1, 0.15) is 0 Å². The van der Waals surface area contributed by atoms with Crippen molar-refractivity contribution in [2.24, 2.45) is 0 Å². The first kappa shape index (κ1) is 16.4. The van der Waals surface area contributed by atoms with E-state index in [4.69, 9.17) is 4.74 Å². The van der Waals surface area contributed by atoms with Crippen LogP contribution in [0.2, 0.25) is 0 Å². The maximum Gasteiger partial charge on any atom is 0.337 e. The largest absolute Gasteiger partial charge is 0.465 e. The number of ether oxygens (including phenoxy) is 2. The minimum Gasteiger partial charge on any atom is -0.465 e. The lowest BCUT2D eigenvalue weighted by molar-refractivity contribution is -0.0617. The van der Waals surface area contributed by atoms with Crippen LogP contribution in [-0.2, 0) is 16.0 Å². The summed E-state index contributed by atoms with van der Waals surface area (Å²) in [5, 5.41) is 13.6. The molecule has 0 radical (unpaired) electrons. The molecule has 1 heterocycles. The molecule has 1 aromatic rings. The quantitative estimate of drug-likeness (QED) is 0.787. The van der Waals surface area contributed by atoms with Gasteiger partial charge in [0.15, 0.2) is 0 Å².